The van der Waals surface area contributed by atoms with Crippen LogP contribution in [0, 0.1) is 13.8 Å². The van der Waals surface area contributed by atoms with Gasteiger partial charge in [-0.15, -0.1) is 10.2 Å². The summed E-state index contributed by atoms with van der Waals surface area (Å²) in [6, 6.07) is 9.40. The van der Waals surface area contributed by atoms with E-state index in [-0.39, 0.29) is 12.5 Å². The third-order valence-corrected chi connectivity index (χ3v) is 5.29. The summed E-state index contributed by atoms with van der Waals surface area (Å²) in [6.45, 7) is 4.29. The molecule has 1 aromatic carbocycles. The Labute approximate surface area is 167 Å². The number of hydrogen-bond donors (Lipinski definition) is 1. The van der Waals surface area contributed by atoms with Crippen LogP contribution in [0.2, 0.25) is 0 Å². The van der Waals surface area contributed by atoms with Crippen LogP contribution in [-0.4, -0.2) is 30.6 Å². The van der Waals surface area contributed by atoms with Gasteiger partial charge >= 0.3 is 0 Å². The first-order chi connectivity index (χ1) is 14.1. The Morgan fingerprint density at radius 3 is 2.83 bits per heavy atom. The highest BCUT2D eigenvalue weighted by Crippen LogP contribution is 2.38. The van der Waals surface area contributed by atoms with Gasteiger partial charge in [0.25, 0.3) is 11.8 Å². The van der Waals surface area contributed by atoms with Crippen molar-refractivity contribution >= 4 is 11.6 Å². The maximum Gasteiger partial charge on any atom is 0.258 e. The second-order valence-corrected chi connectivity index (χ2v) is 7.47. The third-order valence-electron chi connectivity index (χ3n) is 5.29. The van der Waals surface area contributed by atoms with Crippen molar-refractivity contribution in [3.63, 3.8) is 0 Å². The second kappa shape index (κ2) is 6.80. The van der Waals surface area contributed by atoms with E-state index in [9.17, 15) is 4.79 Å². The highest BCUT2D eigenvalue weighted by Gasteiger charge is 2.29. The van der Waals surface area contributed by atoms with Crippen LogP contribution in [0.4, 0.5) is 0 Å². The Kier molecular flexibility index (Phi) is 4.12. The van der Waals surface area contributed by atoms with Crippen LogP contribution >= 0.6 is 0 Å². The zero-order valence-electron chi connectivity index (χ0n) is 16.2. The number of fused-ring (bicyclic) bond motifs is 1. The van der Waals surface area contributed by atoms with Gasteiger partial charge < -0.3 is 9.84 Å². The van der Waals surface area contributed by atoms with E-state index < -0.39 is 0 Å². The largest absolute Gasteiger partial charge is 0.345 e. The van der Waals surface area contributed by atoms with Gasteiger partial charge in [0, 0.05) is 23.2 Å². The molecule has 3 heterocycles. The van der Waals surface area contributed by atoms with Gasteiger partial charge in [-0.25, -0.2) is 0 Å². The van der Waals surface area contributed by atoms with Crippen LogP contribution < -0.4 is 5.32 Å². The molecule has 3 aromatic heterocycles. The SMILES string of the molecule is Cc1ccc(C(=O)NCc2nnc3cc(-c4nc(C5CC5)no4)ccn23)cc1C. The first-order valence-electron chi connectivity index (χ1n) is 9.61. The number of aryl methyl sites for hydroxylation is 2. The van der Waals surface area contributed by atoms with Crippen LogP contribution in [0.5, 0.6) is 0 Å². The molecule has 4 aromatic rings. The fourth-order valence-electron chi connectivity index (χ4n) is 3.20. The van der Waals surface area contributed by atoms with Crippen molar-refractivity contribution < 1.29 is 9.32 Å². The van der Waals surface area contributed by atoms with Gasteiger partial charge in [0.05, 0.1) is 6.54 Å². The minimum absolute atomic E-state index is 0.139. The number of nitrogens with zero attached hydrogens (tertiary/aromatic N) is 5. The molecule has 29 heavy (non-hydrogen) atoms. The van der Waals surface area contributed by atoms with Crippen LogP contribution in [0.15, 0.2) is 41.1 Å². The number of nitrogens with one attached hydrogen (secondary N) is 1. The summed E-state index contributed by atoms with van der Waals surface area (Å²) in [4.78, 5) is 16.9. The monoisotopic (exact) mass is 388 g/mol. The highest BCUT2D eigenvalue weighted by atomic mass is 16.5. The lowest BCUT2D eigenvalue weighted by atomic mass is 10.1. The molecule has 0 radical (unpaired) electrons. The van der Waals surface area contributed by atoms with Gasteiger partial charge in [-0.3, -0.25) is 9.20 Å². The predicted molar refractivity (Wildman–Crippen MR) is 105 cm³/mol. The molecular weight excluding hydrogens is 368 g/mol. The smallest absolute Gasteiger partial charge is 0.258 e. The summed E-state index contributed by atoms with van der Waals surface area (Å²) in [5.74, 6) is 2.21. The number of carbonyl (C=O) groups excluding carboxylic acids is 1. The predicted octanol–water partition coefficient (Wildman–Crippen LogP) is 3.20. The van der Waals surface area contributed by atoms with Gasteiger partial charge in [-0.2, -0.15) is 4.98 Å². The molecule has 1 aliphatic rings. The molecule has 1 saturated carbocycles. The van der Waals surface area contributed by atoms with Gasteiger partial charge in [0.1, 0.15) is 0 Å². The van der Waals surface area contributed by atoms with Crippen LogP contribution in [0.3, 0.4) is 0 Å². The number of aromatic nitrogens is 5. The lowest BCUT2D eigenvalue weighted by Crippen LogP contribution is -2.24. The lowest BCUT2D eigenvalue weighted by molar-refractivity contribution is 0.0949. The molecule has 1 N–H and O–H groups in total. The van der Waals surface area contributed by atoms with E-state index >= 15 is 0 Å². The van der Waals surface area contributed by atoms with Gasteiger partial charge in [0.15, 0.2) is 17.3 Å². The number of benzene rings is 1. The van der Waals surface area contributed by atoms with Crippen molar-refractivity contribution in [3.8, 4) is 11.5 Å². The Hall–Kier alpha value is -3.55. The minimum Gasteiger partial charge on any atom is -0.345 e. The topological polar surface area (TPSA) is 98.2 Å². The maximum atomic E-state index is 12.4. The highest BCUT2D eigenvalue weighted by molar-refractivity contribution is 5.94. The number of carbonyl (C=O) groups is 1. The number of pyridine rings is 1. The lowest BCUT2D eigenvalue weighted by Gasteiger charge is -2.06. The molecule has 146 valence electrons. The summed E-state index contributed by atoms with van der Waals surface area (Å²) < 4.78 is 7.21. The molecule has 1 amide bonds. The van der Waals surface area contributed by atoms with Crippen molar-refractivity contribution in [2.45, 2.75) is 39.2 Å². The summed E-state index contributed by atoms with van der Waals surface area (Å²) in [7, 11) is 0. The zero-order chi connectivity index (χ0) is 20.0. The van der Waals surface area contributed by atoms with E-state index in [2.05, 4.69) is 25.7 Å². The van der Waals surface area contributed by atoms with E-state index in [1.54, 1.807) is 0 Å². The van der Waals surface area contributed by atoms with Crippen molar-refractivity contribution in [3.05, 3.63) is 64.9 Å². The average Bonchev–Trinajstić information content (AvgIpc) is 3.32. The zero-order valence-corrected chi connectivity index (χ0v) is 16.2. The Morgan fingerprint density at radius 2 is 2.03 bits per heavy atom. The molecule has 0 bridgehead atoms. The van der Waals surface area contributed by atoms with Crippen molar-refractivity contribution in [2.75, 3.05) is 0 Å². The number of rotatable bonds is 5. The van der Waals surface area contributed by atoms with Gasteiger partial charge in [-0.1, -0.05) is 11.2 Å². The third kappa shape index (κ3) is 3.37. The van der Waals surface area contributed by atoms with Crippen molar-refractivity contribution in [2.24, 2.45) is 0 Å². The van der Waals surface area contributed by atoms with Gasteiger partial charge in [-0.05, 0) is 62.1 Å². The molecule has 0 atom stereocenters. The molecule has 5 rings (SSSR count). The van der Waals surface area contributed by atoms with Crippen LogP contribution in [0.1, 0.15) is 51.9 Å². The first kappa shape index (κ1) is 17.5. The van der Waals surface area contributed by atoms with E-state index in [4.69, 9.17) is 4.52 Å². The van der Waals surface area contributed by atoms with Crippen molar-refractivity contribution in [1.82, 2.24) is 30.1 Å². The molecule has 0 aliphatic heterocycles. The molecule has 1 aliphatic carbocycles. The molecule has 0 saturated heterocycles. The summed E-state index contributed by atoms with van der Waals surface area (Å²) in [5, 5.41) is 15.4. The summed E-state index contributed by atoms with van der Waals surface area (Å²) >= 11 is 0. The average molecular weight is 388 g/mol. The molecule has 1 fully saturated rings. The standard InChI is InChI=1S/C21H20N6O2/c1-12-3-4-15(9-13(12)2)20(28)22-11-18-25-24-17-10-16(7-8-27(17)18)21-23-19(26-29-21)14-5-6-14/h3-4,7-10,14H,5-6,11H2,1-2H3,(H,22,28). The maximum absolute atomic E-state index is 12.4. The van der Waals surface area contributed by atoms with Crippen LogP contribution in [0.25, 0.3) is 17.1 Å². The first-order valence-corrected chi connectivity index (χ1v) is 9.61. The van der Waals surface area contributed by atoms with E-state index in [1.807, 2.05) is 54.8 Å². The Balaban J connectivity index is 1.33. The molecule has 0 unspecified atom stereocenters. The normalized spacial score (nSPS) is 13.7. The summed E-state index contributed by atoms with van der Waals surface area (Å²) in [5.41, 5.74) is 4.33. The Bertz CT molecular complexity index is 1220. The van der Waals surface area contributed by atoms with Gasteiger partial charge in [0.2, 0.25) is 0 Å². The van der Waals surface area contributed by atoms with E-state index in [0.717, 1.165) is 35.4 Å². The molecule has 8 heteroatoms. The summed E-state index contributed by atoms with van der Waals surface area (Å²) in [6.07, 6.45) is 4.10. The minimum atomic E-state index is -0.139. The quantitative estimate of drug-likeness (QED) is 0.564. The fourth-order valence-corrected chi connectivity index (χ4v) is 3.20. The second-order valence-electron chi connectivity index (χ2n) is 7.47. The molecule has 0 spiro atoms. The number of hydrogen-bond acceptors (Lipinski definition) is 6. The van der Waals surface area contributed by atoms with E-state index in [1.165, 1.54) is 0 Å². The van der Waals surface area contributed by atoms with Crippen LogP contribution in [-0.2, 0) is 6.54 Å². The fraction of sp³-hybridized carbons (Fsp3) is 0.286. The number of amides is 1. The van der Waals surface area contributed by atoms with Crippen molar-refractivity contribution in [1.29, 1.82) is 0 Å². The molecular formula is C21H20N6O2. The van der Waals surface area contributed by atoms with E-state index in [0.29, 0.717) is 28.8 Å². The Morgan fingerprint density at radius 1 is 1.17 bits per heavy atom. The molecule has 8 nitrogen and oxygen atoms in total.